The molecule has 0 radical (unpaired) electrons. The van der Waals surface area contributed by atoms with Crippen LogP contribution in [0, 0.1) is 0 Å². The van der Waals surface area contributed by atoms with Crippen LogP contribution in [-0.4, -0.2) is 22.8 Å². The molecule has 76 valence electrons. The lowest BCUT2D eigenvalue weighted by Gasteiger charge is -2.23. The van der Waals surface area contributed by atoms with Crippen molar-refractivity contribution in [3.8, 4) is 0 Å². The van der Waals surface area contributed by atoms with E-state index in [1.54, 1.807) is 25.1 Å². The second-order valence-corrected chi connectivity index (χ2v) is 3.43. The third-order valence-electron chi connectivity index (χ3n) is 2.10. The van der Waals surface area contributed by atoms with Crippen molar-refractivity contribution < 1.29 is 15.0 Å². The number of aromatic carboxylic acids is 1. The Balaban J connectivity index is 3.27. The van der Waals surface area contributed by atoms with Gasteiger partial charge in [-0.25, -0.2) is 4.79 Å². The van der Waals surface area contributed by atoms with Gasteiger partial charge in [-0.2, -0.15) is 0 Å². The topological polar surface area (TPSA) is 83.5 Å². The highest BCUT2D eigenvalue weighted by Crippen LogP contribution is 2.21. The Hall–Kier alpha value is -1.39. The molecule has 0 heterocycles. The first kappa shape index (κ1) is 10.7. The predicted octanol–water partition coefficient (Wildman–Crippen LogP) is 0.551. The van der Waals surface area contributed by atoms with Crippen molar-refractivity contribution in [1.29, 1.82) is 0 Å². The third kappa shape index (κ3) is 1.92. The zero-order valence-electron chi connectivity index (χ0n) is 7.90. The SMILES string of the molecule is CC(N)(CO)c1ccccc1C(=O)O. The van der Waals surface area contributed by atoms with Crippen molar-refractivity contribution in [1.82, 2.24) is 0 Å². The normalized spacial score (nSPS) is 14.8. The molecule has 1 unspecified atom stereocenters. The van der Waals surface area contributed by atoms with Gasteiger partial charge >= 0.3 is 5.97 Å². The van der Waals surface area contributed by atoms with E-state index in [0.29, 0.717) is 5.56 Å². The summed E-state index contributed by atoms with van der Waals surface area (Å²) in [5.41, 5.74) is 5.31. The third-order valence-corrected chi connectivity index (χ3v) is 2.10. The molecule has 4 N–H and O–H groups in total. The number of carboxylic acids is 1. The van der Waals surface area contributed by atoms with Crippen LogP contribution in [0.5, 0.6) is 0 Å². The van der Waals surface area contributed by atoms with E-state index in [9.17, 15) is 4.79 Å². The molecular formula is C10H13NO3. The molecule has 0 aliphatic carbocycles. The molecule has 1 aromatic rings. The van der Waals surface area contributed by atoms with Crippen LogP contribution in [0.25, 0.3) is 0 Å². The van der Waals surface area contributed by atoms with Crippen molar-refractivity contribution >= 4 is 5.97 Å². The lowest BCUT2D eigenvalue weighted by Crippen LogP contribution is -2.38. The average molecular weight is 195 g/mol. The van der Waals surface area contributed by atoms with Gasteiger partial charge in [0.2, 0.25) is 0 Å². The lowest BCUT2D eigenvalue weighted by atomic mass is 9.90. The maximum atomic E-state index is 10.8. The number of hydrogen-bond acceptors (Lipinski definition) is 3. The van der Waals surface area contributed by atoms with Crippen molar-refractivity contribution in [2.24, 2.45) is 5.73 Å². The number of hydrogen-bond donors (Lipinski definition) is 3. The first-order valence-electron chi connectivity index (χ1n) is 4.21. The summed E-state index contributed by atoms with van der Waals surface area (Å²) < 4.78 is 0. The fourth-order valence-corrected chi connectivity index (χ4v) is 1.25. The molecule has 0 saturated heterocycles. The van der Waals surface area contributed by atoms with Gasteiger partial charge in [-0.1, -0.05) is 18.2 Å². The van der Waals surface area contributed by atoms with Gasteiger partial charge in [-0.15, -0.1) is 0 Å². The van der Waals surface area contributed by atoms with Crippen LogP contribution in [0.2, 0.25) is 0 Å². The number of benzene rings is 1. The van der Waals surface area contributed by atoms with E-state index in [4.69, 9.17) is 15.9 Å². The van der Waals surface area contributed by atoms with E-state index < -0.39 is 11.5 Å². The fraction of sp³-hybridized carbons (Fsp3) is 0.300. The Morgan fingerprint density at radius 1 is 1.50 bits per heavy atom. The Morgan fingerprint density at radius 3 is 2.57 bits per heavy atom. The fourth-order valence-electron chi connectivity index (χ4n) is 1.25. The van der Waals surface area contributed by atoms with Crippen LogP contribution in [0.4, 0.5) is 0 Å². The van der Waals surface area contributed by atoms with Crippen LogP contribution in [0.3, 0.4) is 0 Å². The van der Waals surface area contributed by atoms with Gasteiger partial charge < -0.3 is 15.9 Å². The van der Waals surface area contributed by atoms with Gasteiger partial charge in [0.1, 0.15) is 0 Å². The standard InChI is InChI=1S/C10H13NO3/c1-10(11,6-12)8-5-3-2-4-7(8)9(13)14/h2-5,12H,6,11H2,1H3,(H,13,14). The Kier molecular flexibility index (Phi) is 2.88. The Labute approximate surface area is 82.0 Å². The molecule has 0 fully saturated rings. The van der Waals surface area contributed by atoms with Crippen LogP contribution in [-0.2, 0) is 5.54 Å². The van der Waals surface area contributed by atoms with Crippen molar-refractivity contribution in [3.05, 3.63) is 35.4 Å². The lowest BCUT2D eigenvalue weighted by molar-refractivity contribution is 0.0692. The average Bonchev–Trinajstić information content (AvgIpc) is 2.18. The molecule has 1 rings (SSSR count). The van der Waals surface area contributed by atoms with Gasteiger partial charge in [-0.05, 0) is 18.6 Å². The summed E-state index contributed by atoms with van der Waals surface area (Å²) in [5.74, 6) is -1.04. The minimum atomic E-state index is -1.04. The molecule has 4 nitrogen and oxygen atoms in total. The maximum absolute atomic E-state index is 10.8. The molecule has 0 spiro atoms. The molecule has 1 atom stereocenters. The Morgan fingerprint density at radius 2 is 2.07 bits per heavy atom. The van der Waals surface area contributed by atoms with Crippen molar-refractivity contribution in [2.75, 3.05) is 6.61 Å². The zero-order valence-corrected chi connectivity index (χ0v) is 7.90. The monoisotopic (exact) mass is 195 g/mol. The molecule has 1 aromatic carbocycles. The van der Waals surface area contributed by atoms with E-state index >= 15 is 0 Å². The summed E-state index contributed by atoms with van der Waals surface area (Å²) in [5, 5.41) is 17.9. The van der Waals surface area contributed by atoms with Gasteiger partial charge in [0.25, 0.3) is 0 Å². The van der Waals surface area contributed by atoms with Gasteiger partial charge in [0.05, 0.1) is 17.7 Å². The molecule has 4 heteroatoms. The molecule has 0 saturated carbocycles. The number of aliphatic hydroxyl groups is 1. The summed E-state index contributed by atoms with van der Waals surface area (Å²) in [6.45, 7) is 1.30. The van der Waals surface area contributed by atoms with E-state index in [-0.39, 0.29) is 12.2 Å². The minimum absolute atomic E-state index is 0.131. The zero-order chi connectivity index (χ0) is 10.8. The van der Waals surface area contributed by atoms with Crippen LogP contribution >= 0.6 is 0 Å². The Bertz CT molecular complexity index is 347. The van der Waals surface area contributed by atoms with Gasteiger partial charge in [0.15, 0.2) is 0 Å². The summed E-state index contributed by atoms with van der Waals surface area (Å²) in [6, 6.07) is 6.40. The quantitative estimate of drug-likeness (QED) is 0.657. The van der Waals surface area contributed by atoms with Crippen LogP contribution < -0.4 is 5.73 Å². The highest BCUT2D eigenvalue weighted by atomic mass is 16.4. The predicted molar refractivity (Wildman–Crippen MR) is 52.0 cm³/mol. The number of rotatable bonds is 3. The second-order valence-electron chi connectivity index (χ2n) is 3.43. The number of carboxylic acid groups (broad SMARTS) is 1. The molecule has 14 heavy (non-hydrogen) atoms. The summed E-state index contributed by atoms with van der Waals surface area (Å²) in [4.78, 5) is 10.8. The van der Waals surface area contributed by atoms with Gasteiger partial charge in [-0.3, -0.25) is 0 Å². The van der Waals surface area contributed by atoms with E-state index in [1.165, 1.54) is 6.07 Å². The molecule has 0 aromatic heterocycles. The number of aliphatic hydroxyl groups excluding tert-OH is 1. The van der Waals surface area contributed by atoms with E-state index in [0.717, 1.165) is 0 Å². The van der Waals surface area contributed by atoms with E-state index in [2.05, 4.69) is 0 Å². The molecule has 0 bridgehead atoms. The van der Waals surface area contributed by atoms with E-state index in [1.807, 2.05) is 0 Å². The highest BCUT2D eigenvalue weighted by Gasteiger charge is 2.25. The summed E-state index contributed by atoms with van der Waals surface area (Å²) in [6.07, 6.45) is 0. The van der Waals surface area contributed by atoms with Crippen LogP contribution in [0.1, 0.15) is 22.8 Å². The van der Waals surface area contributed by atoms with Crippen LogP contribution in [0.15, 0.2) is 24.3 Å². The summed E-state index contributed by atoms with van der Waals surface area (Å²) in [7, 11) is 0. The minimum Gasteiger partial charge on any atom is -0.478 e. The van der Waals surface area contributed by atoms with Crippen molar-refractivity contribution in [3.63, 3.8) is 0 Å². The smallest absolute Gasteiger partial charge is 0.336 e. The highest BCUT2D eigenvalue weighted by molar-refractivity contribution is 5.89. The molecular weight excluding hydrogens is 182 g/mol. The van der Waals surface area contributed by atoms with Gasteiger partial charge in [0, 0.05) is 0 Å². The summed E-state index contributed by atoms with van der Waals surface area (Å²) >= 11 is 0. The number of nitrogens with two attached hydrogens (primary N) is 1. The molecule has 0 aliphatic rings. The second kappa shape index (κ2) is 3.77. The first-order valence-corrected chi connectivity index (χ1v) is 4.21. The molecule has 0 amide bonds. The maximum Gasteiger partial charge on any atom is 0.336 e. The molecule has 0 aliphatic heterocycles. The van der Waals surface area contributed by atoms with Crippen molar-refractivity contribution in [2.45, 2.75) is 12.5 Å². The first-order chi connectivity index (χ1) is 6.49. The largest absolute Gasteiger partial charge is 0.478 e. The number of carbonyl (C=O) groups is 1.